The van der Waals surface area contributed by atoms with Gasteiger partial charge in [0, 0.05) is 42.0 Å². The summed E-state index contributed by atoms with van der Waals surface area (Å²) in [6.45, 7) is 5.78. The smallest absolute Gasteiger partial charge is 0.243 e. The van der Waals surface area contributed by atoms with Gasteiger partial charge in [-0.1, -0.05) is 77.8 Å². The van der Waals surface area contributed by atoms with E-state index in [9.17, 15) is 18.0 Å². The fourth-order valence-corrected chi connectivity index (χ4v) is 6.08. The minimum absolute atomic E-state index is 0.0311. The van der Waals surface area contributed by atoms with Gasteiger partial charge in [-0.2, -0.15) is 0 Å². The van der Waals surface area contributed by atoms with Gasteiger partial charge in [0.15, 0.2) is 0 Å². The Labute approximate surface area is 253 Å². The molecule has 0 saturated carbocycles. The van der Waals surface area contributed by atoms with Crippen molar-refractivity contribution in [3.63, 3.8) is 0 Å². The molecule has 0 aromatic heterocycles. The number of anilines is 1. The van der Waals surface area contributed by atoms with Crippen LogP contribution in [0.4, 0.5) is 5.69 Å². The summed E-state index contributed by atoms with van der Waals surface area (Å²) in [5.41, 5.74) is 2.94. The monoisotopic (exact) mass is 617 g/mol. The number of amides is 2. The number of carbonyl (C=O) groups excluding carboxylic acids is 2. The second-order valence-corrected chi connectivity index (χ2v) is 13.1. The first-order valence-corrected chi connectivity index (χ1v) is 16.1. The predicted octanol–water partition coefficient (Wildman–Crippen LogP) is 6.01. The summed E-state index contributed by atoms with van der Waals surface area (Å²) in [5, 5.41) is 3.81. The molecule has 3 aromatic rings. The van der Waals surface area contributed by atoms with Gasteiger partial charge in [-0.25, -0.2) is 8.42 Å². The summed E-state index contributed by atoms with van der Waals surface area (Å²) in [6.07, 6.45) is 1.75. The summed E-state index contributed by atoms with van der Waals surface area (Å²) in [5.74, 6) is -0.561. The second kappa shape index (κ2) is 14.7. The molecule has 0 radical (unpaired) electrons. The highest BCUT2D eigenvalue weighted by Gasteiger charge is 2.31. The maximum absolute atomic E-state index is 13.9. The third-order valence-corrected chi connectivity index (χ3v) is 8.36. The Kier molecular flexibility index (Phi) is 11.6. The summed E-state index contributed by atoms with van der Waals surface area (Å²) < 4.78 is 26.6. The van der Waals surface area contributed by atoms with E-state index in [1.54, 1.807) is 35.2 Å². The number of halogens is 2. The fourth-order valence-electron chi connectivity index (χ4n) is 4.59. The Morgan fingerprint density at radius 1 is 0.951 bits per heavy atom. The first kappa shape index (κ1) is 32.4. The van der Waals surface area contributed by atoms with Crippen LogP contribution in [0.25, 0.3) is 0 Å². The lowest BCUT2D eigenvalue weighted by Crippen LogP contribution is -2.51. The quantitative estimate of drug-likeness (QED) is 0.254. The number of para-hydroxylation sites is 1. The Morgan fingerprint density at radius 3 is 2.22 bits per heavy atom. The molecule has 3 aromatic carbocycles. The lowest BCUT2D eigenvalue weighted by Gasteiger charge is -2.32. The molecule has 0 aliphatic carbocycles. The molecular weight excluding hydrogens is 581 g/mol. The van der Waals surface area contributed by atoms with Crippen molar-refractivity contribution in [3.8, 4) is 0 Å². The zero-order valence-corrected chi connectivity index (χ0v) is 26.1. The highest BCUT2D eigenvalue weighted by Crippen LogP contribution is 2.26. The van der Waals surface area contributed by atoms with Crippen molar-refractivity contribution in [1.29, 1.82) is 0 Å². The van der Waals surface area contributed by atoms with E-state index in [1.807, 2.05) is 63.2 Å². The van der Waals surface area contributed by atoms with Gasteiger partial charge in [0.25, 0.3) is 0 Å². The van der Waals surface area contributed by atoms with Crippen LogP contribution in [-0.2, 0) is 32.6 Å². The Bertz CT molecular complexity index is 1450. The third kappa shape index (κ3) is 9.48. The molecule has 3 rings (SSSR count). The molecule has 0 saturated heterocycles. The molecule has 7 nitrogen and oxygen atoms in total. The van der Waals surface area contributed by atoms with Gasteiger partial charge < -0.3 is 10.2 Å². The molecule has 0 spiro atoms. The van der Waals surface area contributed by atoms with Crippen LogP contribution in [0.3, 0.4) is 0 Å². The largest absolute Gasteiger partial charge is 0.352 e. The lowest BCUT2D eigenvalue weighted by molar-refractivity contribution is -0.141. The summed E-state index contributed by atoms with van der Waals surface area (Å²) >= 11 is 12.6. The van der Waals surface area contributed by atoms with E-state index in [-0.39, 0.29) is 43.8 Å². The lowest BCUT2D eigenvalue weighted by atomic mass is 10.0. The molecule has 220 valence electrons. The summed E-state index contributed by atoms with van der Waals surface area (Å²) in [7, 11) is -3.59. The molecule has 0 bridgehead atoms. The Balaban J connectivity index is 1.92. The van der Waals surface area contributed by atoms with E-state index in [2.05, 4.69) is 5.32 Å². The number of carbonyl (C=O) groups is 2. The van der Waals surface area contributed by atoms with Crippen LogP contribution in [-0.4, -0.2) is 50.0 Å². The molecule has 0 aliphatic heterocycles. The number of aryl methyl sites for hydroxylation is 1. The molecule has 0 fully saturated rings. The zero-order chi connectivity index (χ0) is 30.2. The molecular formula is C31H37Cl2N3O4S. The highest BCUT2D eigenvalue weighted by molar-refractivity contribution is 7.92. The van der Waals surface area contributed by atoms with Gasteiger partial charge in [0.1, 0.15) is 6.04 Å². The topological polar surface area (TPSA) is 86.8 Å². The number of sulfonamides is 1. The van der Waals surface area contributed by atoms with Crippen molar-refractivity contribution in [2.24, 2.45) is 0 Å². The number of benzene rings is 3. The van der Waals surface area contributed by atoms with Gasteiger partial charge in [-0.15, -0.1) is 0 Å². The van der Waals surface area contributed by atoms with E-state index < -0.39 is 16.1 Å². The molecule has 1 atom stereocenters. The second-order valence-electron chi connectivity index (χ2n) is 10.4. The number of nitrogens with one attached hydrogen (secondary N) is 1. The molecule has 2 amide bonds. The van der Waals surface area contributed by atoms with E-state index >= 15 is 0 Å². The molecule has 10 heteroatoms. The first-order chi connectivity index (χ1) is 19.4. The summed E-state index contributed by atoms with van der Waals surface area (Å²) in [4.78, 5) is 29.0. The molecule has 0 aliphatic rings. The van der Waals surface area contributed by atoms with Crippen molar-refractivity contribution in [3.05, 3.63) is 99.5 Å². The van der Waals surface area contributed by atoms with Crippen LogP contribution >= 0.6 is 23.2 Å². The SMILES string of the molecule is Cc1ccccc1N(CCCC(=O)N(Cc1ccc(Cl)cc1Cl)[C@@H](Cc1ccccc1)C(=O)NC(C)C)S(C)(=O)=O. The van der Waals surface area contributed by atoms with Crippen LogP contribution in [0.15, 0.2) is 72.8 Å². The van der Waals surface area contributed by atoms with Crippen molar-refractivity contribution < 1.29 is 18.0 Å². The molecule has 0 unspecified atom stereocenters. The van der Waals surface area contributed by atoms with Crippen molar-refractivity contribution in [1.82, 2.24) is 10.2 Å². The van der Waals surface area contributed by atoms with Crippen LogP contribution in [0, 0.1) is 6.92 Å². The highest BCUT2D eigenvalue weighted by atomic mass is 35.5. The van der Waals surface area contributed by atoms with Crippen molar-refractivity contribution >= 4 is 50.7 Å². The minimum Gasteiger partial charge on any atom is -0.352 e. The van der Waals surface area contributed by atoms with Gasteiger partial charge in [0.05, 0.1) is 11.9 Å². The fraction of sp³-hybridized carbons (Fsp3) is 0.355. The normalized spacial score (nSPS) is 12.2. The maximum atomic E-state index is 13.9. The van der Waals surface area contributed by atoms with Gasteiger partial charge in [0.2, 0.25) is 21.8 Å². The number of nitrogens with zero attached hydrogens (tertiary/aromatic N) is 2. The number of rotatable bonds is 13. The van der Waals surface area contributed by atoms with E-state index in [0.29, 0.717) is 27.7 Å². The van der Waals surface area contributed by atoms with Gasteiger partial charge >= 0.3 is 0 Å². The van der Waals surface area contributed by atoms with Crippen LogP contribution in [0.5, 0.6) is 0 Å². The Hall–Kier alpha value is -3.07. The standard InChI is InChI=1S/C31H37Cl2N3O4S/c1-22(2)34-31(38)29(19-24-12-6-5-7-13-24)35(21-25-16-17-26(32)20-27(25)33)30(37)15-10-18-36(41(4,39)40)28-14-9-8-11-23(28)3/h5-9,11-14,16-17,20,22,29H,10,15,18-19,21H2,1-4H3,(H,34,38)/t29-/m0/s1. The molecule has 0 heterocycles. The van der Waals surface area contributed by atoms with E-state index in [4.69, 9.17) is 23.2 Å². The molecule has 1 N–H and O–H groups in total. The van der Waals surface area contributed by atoms with Crippen LogP contribution in [0.1, 0.15) is 43.4 Å². The maximum Gasteiger partial charge on any atom is 0.243 e. The van der Waals surface area contributed by atoms with Crippen LogP contribution in [0.2, 0.25) is 10.0 Å². The number of hydrogen-bond acceptors (Lipinski definition) is 4. The minimum atomic E-state index is -3.59. The van der Waals surface area contributed by atoms with Gasteiger partial charge in [-0.3, -0.25) is 13.9 Å². The average molecular weight is 619 g/mol. The van der Waals surface area contributed by atoms with Crippen molar-refractivity contribution in [2.45, 2.75) is 58.7 Å². The molecule has 41 heavy (non-hydrogen) atoms. The average Bonchev–Trinajstić information content (AvgIpc) is 2.89. The van der Waals surface area contributed by atoms with Crippen molar-refractivity contribution in [2.75, 3.05) is 17.1 Å². The van der Waals surface area contributed by atoms with E-state index in [0.717, 1.165) is 17.4 Å². The van der Waals surface area contributed by atoms with E-state index in [1.165, 1.54) is 4.31 Å². The van der Waals surface area contributed by atoms with Crippen LogP contribution < -0.4 is 9.62 Å². The number of hydrogen-bond donors (Lipinski definition) is 1. The first-order valence-electron chi connectivity index (χ1n) is 13.5. The summed E-state index contributed by atoms with van der Waals surface area (Å²) in [6, 6.07) is 20.8. The Morgan fingerprint density at radius 2 is 1.61 bits per heavy atom. The predicted molar refractivity (Wildman–Crippen MR) is 167 cm³/mol. The van der Waals surface area contributed by atoms with Gasteiger partial charge in [-0.05, 0) is 62.1 Å². The zero-order valence-electron chi connectivity index (χ0n) is 23.8. The third-order valence-electron chi connectivity index (χ3n) is 6.59.